The third kappa shape index (κ3) is 8.84. The Balaban J connectivity index is 1.36. The first-order chi connectivity index (χ1) is 18.1. The number of thiazole rings is 1. The minimum atomic E-state index is -0.122. The number of hydrogen-bond donors (Lipinski definition) is 3. The third-order valence-corrected chi connectivity index (χ3v) is 8.55. The summed E-state index contributed by atoms with van der Waals surface area (Å²) in [6, 6.07) is 8.15. The van der Waals surface area contributed by atoms with E-state index in [2.05, 4.69) is 27.0 Å². The van der Waals surface area contributed by atoms with Crippen molar-refractivity contribution in [3.63, 3.8) is 0 Å². The lowest BCUT2D eigenvalue weighted by atomic mass is 9.85. The molecule has 2 amide bonds. The molecule has 37 heavy (non-hydrogen) atoms. The highest BCUT2D eigenvalue weighted by Gasteiger charge is 2.32. The number of nitrogens with zero attached hydrogens (tertiary/aromatic N) is 2. The summed E-state index contributed by atoms with van der Waals surface area (Å²) in [5.41, 5.74) is 1.07. The number of urea groups is 1. The molecule has 0 unspecified atom stereocenters. The van der Waals surface area contributed by atoms with Crippen LogP contribution in [0.3, 0.4) is 0 Å². The van der Waals surface area contributed by atoms with Gasteiger partial charge in [-0.3, -0.25) is 0 Å². The predicted octanol–water partition coefficient (Wildman–Crippen LogP) is 5.95. The normalized spacial score (nSPS) is 20.4. The predicted molar refractivity (Wildman–Crippen MR) is 152 cm³/mol. The van der Waals surface area contributed by atoms with Crippen molar-refractivity contribution < 1.29 is 9.53 Å². The van der Waals surface area contributed by atoms with Crippen LogP contribution in [0.1, 0.15) is 63.0 Å². The lowest BCUT2D eigenvalue weighted by Crippen LogP contribution is -2.52. The zero-order chi connectivity index (χ0) is 25.9. The van der Waals surface area contributed by atoms with Gasteiger partial charge in [0.15, 0.2) is 5.13 Å². The highest BCUT2D eigenvalue weighted by Crippen LogP contribution is 2.34. The van der Waals surface area contributed by atoms with E-state index in [-0.39, 0.29) is 24.1 Å². The van der Waals surface area contributed by atoms with E-state index in [1.54, 1.807) is 17.5 Å². The van der Waals surface area contributed by atoms with Gasteiger partial charge in [-0.25, -0.2) is 9.78 Å². The summed E-state index contributed by atoms with van der Waals surface area (Å²) in [5, 5.41) is 13.5. The van der Waals surface area contributed by atoms with Crippen LogP contribution in [0.2, 0.25) is 5.02 Å². The van der Waals surface area contributed by atoms with Gasteiger partial charge in [0.05, 0.1) is 12.7 Å². The Morgan fingerprint density at radius 1 is 1.24 bits per heavy atom. The van der Waals surface area contributed by atoms with Gasteiger partial charge >= 0.3 is 6.03 Å². The van der Waals surface area contributed by atoms with E-state index in [0.717, 1.165) is 49.0 Å². The number of likely N-dealkylation sites (N-methyl/N-ethyl adjacent to an activating group) is 1. The molecule has 0 bridgehead atoms. The molecule has 7 nitrogen and oxygen atoms in total. The van der Waals surface area contributed by atoms with E-state index in [9.17, 15) is 4.79 Å². The Morgan fingerprint density at radius 2 is 2.11 bits per heavy atom. The van der Waals surface area contributed by atoms with Gasteiger partial charge in [0.25, 0.3) is 0 Å². The standard InChI is InChI=1S/C28H42ClN5O2S/c1-30-19-25(17-21-7-3-2-4-8-21)33-28(35)34-14-6-10-23(20-34)26(22-9-5-11-24(29)18-22)36-15-12-31-27-32-13-16-37-27/h5,9,11,13,16,18,21,23,25-26,30H,2-4,6-8,10,12,14-15,17,19-20H2,1H3,(H,31,32)(H,33,35)/t23-,25+,26+/m1/s1. The molecule has 1 aliphatic heterocycles. The highest BCUT2D eigenvalue weighted by molar-refractivity contribution is 7.13. The number of likely N-dealkylation sites (tertiary alicyclic amines) is 1. The van der Waals surface area contributed by atoms with Crippen molar-refractivity contribution in [3.8, 4) is 0 Å². The molecule has 9 heteroatoms. The second kappa shape index (κ2) is 14.9. The maximum atomic E-state index is 13.4. The Hall–Kier alpha value is -1.87. The number of carbonyl (C=O) groups excluding carboxylic acids is 1. The van der Waals surface area contributed by atoms with Crippen LogP contribution >= 0.6 is 22.9 Å². The van der Waals surface area contributed by atoms with E-state index in [4.69, 9.17) is 16.3 Å². The van der Waals surface area contributed by atoms with Crippen LogP contribution < -0.4 is 16.0 Å². The number of amides is 2. The van der Waals surface area contributed by atoms with Crippen molar-refractivity contribution >= 4 is 34.1 Å². The molecule has 1 aromatic heterocycles. The van der Waals surface area contributed by atoms with Gasteiger partial charge in [-0.15, -0.1) is 11.3 Å². The largest absolute Gasteiger partial charge is 0.371 e. The van der Waals surface area contributed by atoms with Gasteiger partial charge in [-0.05, 0) is 49.9 Å². The van der Waals surface area contributed by atoms with Crippen molar-refractivity contribution in [1.82, 2.24) is 20.5 Å². The molecule has 204 valence electrons. The van der Waals surface area contributed by atoms with Gasteiger partial charge in [-0.2, -0.15) is 0 Å². The Labute approximate surface area is 230 Å². The molecule has 4 rings (SSSR count). The number of nitrogens with one attached hydrogen (secondary N) is 3. The molecule has 1 saturated heterocycles. The highest BCUT2D eigenvalue weighted by atomic mass is 35.5. The molecule has 3 N–H and O–H groups in total. The average molecular weight is 548 g/mol. The average Bonchev–Trinajstić information content (AvgIpc) is 3.43. The number of carbonyl (C=O) groups is 1. The maximum absolute atomic E-state index is 13.4. The number of aromatic nitrogens is 1. The molecular formula is C28H42ClN5O2S. The summed E-state index contributed by atoms with van der Waals surface area (Å²) in [7, 11) is 1.97. The molecule has 0 radical (unpaired) electrons. The smallest absolute Gasteiger partial charge is 0.317 e. The van der Waals surface area contributed by atoms with Gasteiger partial charge in [-0.1, -0.05) is 55.8 Å². The van der Waals surface area contributed by atoms with Gasteiger partial charge in [0.2, 0.25) is 0 Å². The van der Waals surface area contributed by atoms with Gasteiger partial charge in [0, 0.05) is 54.7 Å². The first-order valence-electron chi connectivity index (χ1n) is 13.8. The molecule has 1 aliphatic carbocycles. The van der Waals surface area contributed by atoms with Crippen molar-refractivity contribution in [1.29, 1.82) is 0 Å². The summed E-state index contributed by atoms with van der Waals surface area (Å²) >= 11 is 7.93. The van der Waals surface area contributed by atoms with E-state index < -0.39 is 0 Å². The number of piperidine rings is 1. The summed E-state index contributed by atoms with van der Waals surface area (Å²) in [4.78, 5) is 19.7. The SMILES string of the molecule is CNC[C@H](CC1CCCCC1)NC(=O)N1CCC[C@@H]([C@@H](OCCNc2nccs2)c2cccc(Cl)c2)C1. The molecule has 1 aromatic carbocycles. The van der Waals surface area contributed by atoms with Crippen LogP contribution in [0.25, 0.3) is 0 Å². The number of benzene rings is 1. The lowest BCUT2D eigenvalue weighted by molar-refractivity contribution is -0.00556. The summed E-state index contributed by atoms with van der Waals surface area (Å²) in [6.07, 6.45) is 11.3. The number of rotatable bonds is 12. The number of anilines is 1. The van der Waals surface area contributed by atoms with Crippen LogP contribution in [0.15, 0.2) is 35.8 Å². The minimum Gasteiger partial charge on any atom is -0.371 e. The van der Waals surface area contributed by atoms with Crippen LogP contribution in [0.4, 0.5) is 9.93 Å². The molecule has 2 fully saturated rings. The topological polar surface area (TPSA) is 78.5 Å². The summed E-state index contributed by atoms with van der Waals surface area (Å²) in [5.74, 6) is 0.930. The second-order valence-corrected chi connectivity index (χ2v) is 11.7. The van der Waals surface area contributed by atoms with Crippen LogP contribution in [0, 0.1) is 11.8 Å². The summed E-state index contributed by atoms with van der Waals surface area (Å²) < 4.78 is 6.46. The van der Waals surface area contributed by atoms with Gasteiger partial charge < -0.3 is 25.6 Å². The molecular weight excluding hydrogens is 506 g/mol. The fraction of sp³-hybridized carbons (Fsp3) is 0.643. The van der Waals surface area contributed by atoms with Crippen molar-refractivity contribution in [2.45, 2.75) is 63.5 Å². The maximum Gasteiger partial charge on any atom is 0.317 e. The molecule has 3 atom stereocenters. The number of hydrogen-bond acceptors (Lipinski definition) is 6. The monoisotopic (exact) mass is 547 g/mol. The summed E-state index contributed by atoms with van der Waals surface area (Å²) in [6.45, 7) is 3.49. The van der Waals surface area contributed by atoms with Crippen LogP contribution in [-0.2, 0) is 4.74 Å². The Kier molecular flexibility index (Phi) is 11.3. The third-order valence-electron chi connectivity index (χ3n) is 7.58. The quantitative estimate of drug-likeness (QED) is 0.286. The Bertz CT molecular complexity index is 940. The van der Waals surface area contributed by atoms with E-state index >= 15 is 0 Å². The fourth-order valence-corrected chi connectivity index (χ4v) is 6.57. The van der Waals surface area contributed by atoms with Gasteiger partial charge in [0.1, 0.15) is 0 Å². The molecule has 2 aliphatic rings. The second-order valence-electron chi connectivity index (χ2n) is 10.4. The van der Waals surface area contributed by atoms with Crippen molar-refractivity contribution in [3.05, 3.63) is 46.4 Å². The molecule has 2 heterocycles. The van der Waals surface area contributed by atoms with Crippen LogP contribution in [-0.4, -0.2) is 61.8 Å². The van der Waals surface area contributed by atoms with E-state index in [0.29, 0.717) is 24.7 Å². The first-order valence-corrected chi connectivity index (χ1v) is 15.1. The van der Waals surface area contributed by atoms with E-state index in [1.807, 2.05) is 35.5 Å². The van der Waals surface area contributed by atoms with Crippen molar-refractivity contribution in [2.75, 3.05) is 45.2 Å². The molecule has 2 aromatic rings. The lowest BCUT2D eigenvalue weighted by Gasteiger charge is -2.38. The zero-order valence-corrected chi connectivity index (χ0v) is 23.5. The van der Waals surface area contributed by atoms with Crippen molar-refractivity contribution in [2.24, 2.45) is 11.8 Å². The van der Waals surface area contributed by atoms with E-state index in [1.165, 1.54) is 32.1 Å². The number of ether oxygens (including phenoxy) is 1. The number of halogens is 1. The van der Waals surface area contributed by atoms with Crippen LogP contribution in [0.5, 0.6) is 0 Å². The molecule has 0 spiro atoms. The Morgan fingerprint density at radius 3 is 2.86 bits per heavy atom. The zero-order valence-electron chi connectivity index (χ0n) is 22.0. The minimum absolute atomic E-state index is 0.0519. The fourth-order valence-electron chi connectivity index (χ4n) is 5.82. The molecule has 1 saturated carbocycles. The first kappa shape index (κ1) is 28.1.